The van der Waals surface area contributed by atoms with Crippen LogP contribution in [-0.4, -0.2) is 13.7 Å². The number of benzene rings is 1. The predicted octanol–water partition coefficient (Wildman–Crippen LogP) is 3.06. The summed E-state index contributed by atoms with van der Waals surface area (Å²) in [5.41, 5.74) is 10.4. The van der Waals surface area contributed by atoms with E-state index >= 15 is 0 Å². The van der Waals surface area contributed by atoms with Crippen molar-refractivity contribution in [1.82, 2.24) is 0 Å². The lowest BCUT2D eigenvalue weighted by Crippen LogP contribution is -1.98. The van der Waals surface area contributed by atoms with Crippen molar-refractivity contribution < 1.29 is 4.74 Å². The molecule has 0 bridgehead atoms. The molecule has 0 amide bonds. The minimum Gasteiger partial charge on any atom is -0.496 e. The Hall–Kier alpha value is -1.28. The molecule has 0 aromatic heterocycles. The first-order valence-corrected chi connectivity index (χ1v) is 5.63. The molecule has 2 nitrogen and oxygen atoms in total. The van der Waals surface area contributed by atoms with Crippen molar-refractivity contribution in [2.45, 2.75) is 27.2 Å². The first-order valence-electron chi connectivity index (χ1n) is 5.63. The Kier molecular flexibility index (Phi) is 4.56. The Morgan fingerprint density at radius 1 is 1.38 bits per heavy atom. The van der Waals surface area contributed by atoms with Crippen molar-refractivity contribution in [3.8, 4) is 5.75 Å². The number of rotatable bonds is 4. The first-order chi connectivity index (χ1) is 7.61. The molecule has 88 valence electrons. The number of ether oxygens (including phenoxy) is 1. The lowest BCUT2D eigenvalue weighted by atomic mass is 9.99. The second kappa shape index (κ2) is 5.71. The standard InChI is InChI=1S/C14H21NO/c1-10-7-8-13(11(2)6-5-9-15)14(16-4)12(10)3/h6-8H,5,9,15H2,1-4H3/b11-6+. The third-order valence-electron chi connectivity index (χ3n) is 2.92. The van der Waals surface area contributed by atoms with E-state index in [4.69, 9.17) is 10.5 Å². The fraction of sp³-hybridized carbons (Fsp3) is 0.429. The molecule has 0 radical (unpaired) electrons. The van der Waals surface area contributed by atoms with E-state index in [-0.39, 0.29) is 0 Å². The highest BCUT2D eigenvalue weighted by molar-refractivity contribution is 5.71. The van der Waals surface area contributed by atoms with Gasteiger partial charge in [-0.15, -0.1) is 0 Å². The summed E-state index contributed by atoms with van der Waals surface area (Å²) in [6, 6.07) is 4.25. The zero-order chi connectivity index (χ0) is 12.1. The highest BCUT2D eigenvalue weighted by atomic mass is 16.5. The summed E-state index contributed by atoms with van der Waals surface area (Å²) in [6.45, 7) is 6.97. The molecule has 0 saturated carbocycles. The summed E-state index contributed by atoms with van der Waals surface area (Å²) in [7, 11) is 1.72. The van der Waals surface area contributed by atoms with Crippen LogP contribution in [0.5, 0.6) is 5.75 Å². The summed E-state index contributed by atoms with van der Waals surface area (Å²) in [6.07, 6.45) is 3.06. The lowest BCUT2D eigenvalue weighted by molar-refractivity contribution is 0.410. The molecule has 0 aliphatic carbocycles. The van der Waals surface area contributed by atoms with Crippen LogP contribution in [0, 0.1) is 13.8 Å². The molecule has 0 unspecified atom stereocenters. The summed E-state index contributed by atoms with van der Waals surface area (Å²) >= 11 is 0. The van der Waals surface area contributed by atoms with Gasteiger partial charge in [0, 0.05) is 5.56 Å². The van der Waals surface area contributed by atoms with Gasteiger partial charge >= 0.3 is 0 Å². The third-order valence-corrected chi connectivity index (χ3v) is 2.92. The van der Waals surface area contributed by atoms with Crippen LogP contribution in [0.3, 0.4) is 0 Å². The first kappa shape index (κ1) is 12.8. The molecule has 0 fully saturated rings. The molecule has 1 aromatic rings. The number of hydrogen-bond donors (Lipinski definition) is 1. The molecule has 0 spiro atoms. The topological polar surface area (TPSA) is 35.2 Å². The van der Waals surface area contributed by atoms with Gasteiger partial charge in [0.05, 0.1) is 7.11 Å². The van der Waals surface area contributed by atoms with E-state index in [0.29, 0.717) is 6.54 Å². The smallest absolute Gasteiger partial charge is 0.129 e. The Balaban J connectivity index is 3.18. The van der Waals surface area contributed by atoms with Crippen LogP contribution in [0.25, 0.3) is 5.57 Å². The van der Waals surface area contributed by atoms with Gasteiger partial charge in [-0.1, -0.05) is 18.2 Å². The van der Waals surface area contributed by atoms with E-state index in [1.807, 2.05) is 0 Å². The molecule has 1 rings (SSSR count). The van der Waals surface area contributed by atoms with Gasteiger partial charge in [0.25, 0.3) is 0 Å². The fourth-order valence-electron chi connectivity index (χ4n) is 1.77. The van der Waals surface area contributed by atoms with Crippen LogP contribution in [-0.2, 0) is 0 Å². The van der Waals surface area contributed by atoms with Crippen LogP contribution in [0.15, 0.2) is 18.2 Å². The minimum absolute atomic E-state index is 0.685. The highest BCUT2D eigenvalue weighted by Crippen LogP contribution is 2.31. The molecule has 0 saturated heterocycles. The normalized spacial score (nSPS) is 11.7. The van der Waals surface area contributed by atoms with Gasteiger partial charge in [-0.25, -0.2) is 0 Å². The highest BCUT2D eigenvalue weighted by Gasteiger charge is 2.09. The van der Waals surface area contributed by atoms with Gasteiger partial charge in [-0.05, 0) is 50.4 Å². The number of hydrogen-bond acceptors (Lipinski definition) is 2. The van der Waals surface area contributed by atoms with Crippen molar-refractivity contribution in [1.29, 1.82) is 0 Å². The number of aryl methyl sites for hydroxylation is 1. The Morgan fingerprint density at radius 2 is 2.06 bits per heavy atom. The molecule has 0 aliphatic heterocycles. The van der Waals surface area contributed by atoms with E-state index in [0.717, 1.165) is 12.2 Å². The fourth-order valence-corrected chi connectivity index (χ4v) is 1.77. The SMILES string of the molecule is COc1c(/C(C)=C/CCN)ccc(C)c1C. The molecule has 2 heteroatoms. The second-order valence-electron chi connectivity index (χ2n) is 4.05. The Labute approximate surface area is 98.1 Å². The van der Waals surface area contributed by atoms with Crippen molar-refractivity contribution in [2.24, 2.45) is 5.73 Å². The molecular formula is C14H21NO. The molecule has 0 aliphatic rings. The summed E-state index contributed by atoms with van der Waals surface area (Å²) in [4.78, 5) is 0. The molecule has 2 N–H and O–H groups in total. The summed E-state index contributed by atoms with van der Waals surface area (Å²) in [5, 5.41) is 0. The van der Waals surface area contributed by atoms with Crippen molar-refractivity contribution >= 4 is 5.57 Å². The predicted molar refractivity (Wildman–Crippen MR) is 69.8 cm³/mol. The Morgan fingerprint density at radius 3 is 2.62 bits per heavy atom. The monoisotopic (exact) mass is 219 g/mol. The molecule has 1 aromatic carbocycles. The van der Waals surface area contributed by atoms with E-state index in [2.05, 4.69) is 39.0 Å². The van der Waals surface area contributed by atoms with Crippen molar-refractivity contribution in [3.63, 3.8) is 0 Å². The van der Waals surface area contributed by atoms with Gasteiger partial charge in [-0.3, -0.25) is 0 Å². The third kappa shape index (κ3) is 2.64. The van der Waals surface area contributed by atoms with Crippen molar-refractivity contribution in [3.05, 3.63) is 34.9 Å². The quantitative estimate of drug-likeness (QED) is 0.844. The number of nitrogens with two attached hydrogens (primary N) is 1. The maximum Gasteiger partial charge on any atom is 0.129 e. The molecule has 0 heterocycles. The van der Waals surface area contributed by atoms with E-state index < -0.39 is 0 Å². The van der Waals surface area contributed by atoms with E-state index in [1.165, 1.54) is 22.3 Å². The molecule has 0 atom stereocenters. The average molecular weight is 219 g/mol. The van der Waals surface area contributed by atoms with E-state index in [9.17, 15) is 0 Å². The van der Waals surface area contributed by atoms with Crippen molar-refractivity contribution in [2.75, 3.05) is 13.7 Å². The maximum absolute atomic E-state index is 5.50. The van der Waals surface area contributed by atoms with Crippen LogP contribution < -0.4 is 10.5 Å². The minimum atomic E-state index is 0.685. The van der Waals surface area contributed by atoms with Gasteiger partial charge in [-0.2, -0.15) is 0 Å². The largest absolute Gasteiger partial charge is 0.496 e. The van der Waals surface area contributed by atoms with Gasteiger partial charge in [0.15, 0.2) is 0 Å². The van der Waals surface area contributed by atoms with E-state index in [1.54, 1.807) is 7.11 Å². The van der Waals surface area contributed by atoms with Crippen LogP contribution in [0.4, 0.5) is 0 Å². The van der Waals surface area contributed by atoms with Crippen LogP contribution in [0.1, 0.15) is 30.0 Å². The summed E-state index contributed by atoms with van der Waals surface area (Å²) in [5.74, 6) is 0.978. The zero-order valence-corrected chi connectivity index (χ0v) is 10.6. The zero-order valence-electron chi connectivity index (χ0n) is 10.6. The number of allylic oxidation sites excluding steroid dienone is 1. The Bertz CT molecular complexity index is 394. The van der Waals surface area contributed by atoms with Crippen LogP contribution >= 0.6 is 0 Å². The van der Waals surface area contributed by atoms with Gasteiger partial charge in [0.1, 0.15) is 5.75 Å². The average Bonchev–Trinajstić information content (AvgIpc) is 2.29. The number of methoxy groups -OCH3 is 1. The lowest BCUT2D eigenvalue weighted by Gasteiger charge is -2.14. The van der Waals surface area contributed by atoms with Gasteiger partial charge in [0.2, 0.25) is 0 Å². The maximum atomic E-state index is 5.50. The van der Waals surface area contributed by atoms with Gasteiger partial charge < -0.3 is 10.5 Å². The second-order valence-corrected chi connectivity index (χ2v) is 4.05. The van der Waals surface area contributed by atoms with Crippen LogP contribution in [0.2, 0.25) is 0 Å². The molecule has 16 heavy (non-hydrogen) atoms. The molecular weight excluding hydrogens is 198 g/mol. The summed E-state index contributed by atoms with van der Waals surface area (Å²) < 4.78 is 5.49.